The van der Waals surface area contributed by atoms with Gasteiger partial charge in [-0.05, 0) is 18.4 Å². The lowest BCUT2D eigenvalue weighted by Crippen LogP contribution is -2.35. The van der Waals surface area contributed by atoms with Crippen molar-refractivity contribution in [1.29, 1.82) is 0 Å². The van der Waals surface area contributed by atoms with Crippen LogP contribution in [-0.4, -0.2) is 38.9 Å². The van der Waals surface area contributed by atoms with Crippen molar-refractivity contribution < 1.29 is 9.18 Å². The Morgan fingerprint density at radius 2 is 2.38 bits per heavy atom. The SMILES string of the molecule is CN(CC1CCc2nccn2C1)C(=O)c1ccncc1F. The first-order valence-electron chi connectivity index (χ1n) is 7.00. The number of pyridine rings is 1. The highest BCUT2D eigenvalue weighted by molar-refractivity contribution is 5.94. The first-order chi connectivity index (χ1) is 10.1. The minimum absolute atomic E-state index is 0.0756. The monoisotopic (exact) mass is 288 g/mol. The van der Waals surface area contributed by atoms with E-state index in [1.54, 1.807) is 18.1 Å². The number of aryl methyl sites for hydroxylation is 1. The van der Waals surface area contributed by atoms with Gasteiger partial charge in [0.1, 0.15) is 5.82 Å². The molecule has 5 nitrogen and oxygen atoms in total. The van der Waals surface area contributed by atoms with Crippen molar-refractivity contribution in [2.24, 2.45) is 5.92 Å². The number of carbonyl (C=O) groups is 1. The number of carbonyl (C=O) groups excluding carboxylic acids is 1. The largest absolute Gasteiger partial charge is 0.341 e. The van der Waals surface area contributed by atoms with E-state index in [9.17, 15) is 9.18 Å². The van der Waals surface area contributed by atoms with Crippen LogP contribution in [0.4, 0.5) is 4.39 Å². The predicted octanol–water partition coefficient (Wildman–Crippen LogP) is 1.75. The van der Waals surface area contributed by atoms with Crippen molar-refractivity contribution in [1.82, 2.24) is 19.4 Å². The van der Waals surface area contributed by atoms with Crippen molar-refractivity contribution in [3.63, 3.8) is 0 Å². The van der Waals surface area contributed by atoms with Gasteiger partial charge in [0.15, 0.2) is 5.82 Å². The van der Waals surface area contributed by atoms with E-state index < -0.39 is 5.82 Å². The second kappa shape index (κ2) is 5.63. The summed E-state index contributed by atoms with van der Waals surface area (Å²) in [6, 6.07) is 1.42. The Morgan fingerprint density at radius 1 is 1.52 bits per heavy atom. The van der Waals surface area contributed by atoms with Crippen LogP contribution in [0.2, 0.25) is 0 Å². The quantitative estimate of drug-likeness (QED) is 0.864. The zero-order valence-electron chi connectivity index (χ0n) is 11.9. The lowest BCUT2D eigenvalue weighted by Gasteiger charge is -2.28. The number of halogens is 1. The molecule has 1 amide bonds. The van der Waals surface area contributed by atoms with E-state index in [1.807, 2.05) is 6.20 Å². The molecule has 0 fully saturated rings. The summed E-state index contributed by atoms with van der Waals surface area (Å²) in [5.41, 5.74) is 0.0756. The summed E-state index contributed by atoms with van der Waals surface area (Å²) in [6.07, 6.45) is 8.18. The van der Waals surface area contributed by atoms with Crippen molar-refractivity contribution in [3.8, 4) is 0 Å². The average Bonchev–Trinajstić information content (AvgIpc) is 2.94. The summed E-state index contributed by atoms with van der Waals surface area (Å²) < 4.78 is 15.7. The third-order valence-electron chi connectivity index (χ3n) is 3.91. The third kappa shape index (κ3) is 2.79. The zero-order valence-corrected chi connectivity index (χ0v) is 11.9. The topological polar surface area (TPSA) is 51.0 Å². The molecule has 110 valence electrons. The first-order valence-corrected chi connectivity index (χ1v) is 7.00. The van der Waals surface area contributed by atoms with Crippen LogP contribution in [-0.2, 0) is 13.0 Å². The van der Waals surface area contributed by atoms with Gasteiger partial charge in [-0.2, -0.15) is 0 Å². The Bertz CT molecular complexity index is 655. The summed E-state index contributed by atoms with van der Waals surface area (Å²) in [5.74, 6) is 0.590. The molecule has 1 atom stereocenters. The maximum absolute atomic E-state index is 13.6. The van der Waals surface area contributed by atoms with Crippen LogP contribution in [0.5, 0.6) is 0 Å². The summed E-state index contributed by atoms with van der Waals surface area (Å²) in [5, 5.41) is 0. The molecule has 3 rings (SSSR count). The molecule has 0 aromatic carbocycles. The van der Waals surface area contributed by atoms with E-state index in [4.69, 9.17) is 0 Å². The normalized spacial score (nSPS) is 17.3. The van der Waals surface area contributed by atoms with Gasteiger partial charge in [0.2, 0.25) is 0 Å². The van der Waals surface area contributed by atoms with Gasteiger partial charge in [-0.3, -0.25) is 9.78 Å². The third-order valence-corrected chi connectivity index (χ3v) is 3.91. The number of fused-ring (bicyclic) bond motifs is 1. The van der Waals surface area contributed by atoms with Gasteiger partial charge in [-0.25, -0.2) is 9.37 Å². The van der Waals surface area contributed by atoms with Gasteiger partial charge in [-0.15, -0.1) is 0 Å². The van der Waals surface area contributed by atoms with E-state index in [2.05, 4.69) is 14.5 Å². The highest BCUT2D eigenvalue weighted by Gasteiger charge is 2.23. The van der Waals surface area contributed by atoms with Gasteiger partial charge >= 0.3 is 0 Å². The van der Waals surface area contributed by atoms with Crippen LogP contribution in [0.1, 0.15) is 22.6 Å². The summed E-state index contributed by atoms with van der Waals surface area (Å²) in [4.78, 5) is 21.8. The molecule has 0 aliphatic carbocycles. The zero-order chi connectivity index (χ0) is 14.8. The molecule has 21 heavy (non-hydrogen) atoms. The molecule has 2 aromatic rings. The standard InChI is InChI=1S/C15H17FN4O/c1-19(15(21)12-4-5-17-8-13(12)16)9-11-2-3-14-18-6-7-20(14)10-11/h4-8,11H,2-3,9-10H2,1H3. The molecule has 0 spiro atoms. The molecule has 1 aliphatic heterocycles. The maximum Gasteiger partial charge on any atom is 0.256 e. The lowest BCUT2D eigenvalue weighted by atomic mass is 9.98. The fourth-order valence-corrected chi connectivity index (χ4v) is 2.81. The molecule has 0 N–H and O–H groups in total. The van der Waals surface area contributed by atoms with E-state index >= 15 is 0 Å². The highest BCUT2D eigenvalue weighted by atomic mass is 19.1. The van der Waals surface area contributed by atoms with Gasteiger partial charge in [0, 0.05) is 45.1 Å². The van der Waals surface area contributed by atoms with Crippen LogP contribution >= 0.6 is 0 Å². The first kappa shape index (κ1) is 13.7. The van der Waals surface area contributed by atoms with Crippen molar-refractivity contribution >= 4 is 5.91 Å². The Kier molecular flexibility index (Phi) is 3.68. The number of nitrogens with zero attached hydrogens (tertiary/aromatic N) is 4. The Balaban J connectivity index is 1.66. The smallest absolute Gasteiger partial charge is 0.256 e. The van der Waals surface area contributed by atoms with Gasteiger partial charge < -0.3 is 9.47 Å². The van der Waals surface area contributed by atoms with Crippen LogP contribution in [0.25, 0.3) is 0 Å². The fourth-order valence-electron chi connectivity index (χ4n) is 2.81. The Labute approximate surface area is 122 Å². The summed E-state index contributed by atoms with van der Waals surface area (Å²) >= 11 is 0. The maximum atomic E-state index is 13.6. The summed E-state index contributed by atoms with van der Waals surface area (Å²) in [7, 11) is 1.71. The van der Waals surface area contributed by atoms with Crippen molar-refractivity contribution in [2.75, 3.05) is 13.6 Å². The number of imidazole rings is 1. The van der Waals surface area contributed by atoms with Crippen LogP contribution in [0, 0.1) is 11.7 Å². The van der Waals surface area contributed by atoms with Crippen LogP contribution in [0.15, 0.2) is 30.9 Å². The van der Waals surface area contributed by atoms with Crippen molar-refractivity contribution in [2.45, 2.75) is 19.4 Å². The molecule has 0 saturated carbocycles. The molecule has 0 bridgehead atoms. The minimum atomic E-state index is -0.574. The number of aromatic nitrogens is 3. The number of amides is 1. The van der Waals surface area contributed by atoms with Gasteiger partial charge in [0.25, 0.3) is 5.91 Å². The molecule has 0 saturated heterocycles. The number of rotatable bonds is 3. The van der Waals surface area contributed by atoms with Crippen LogP contribution < -0.4 is 0 Å². The highest BCUT2D eigenvalue weighted by Crippen LogP contribution is 2.20. The second-order valence-corrected chi connectivity index (χ2v) is 5.44. The second-order valence-electron chi connectivity index (χ2n) is 5.44. The lowest BCUT2D eigenvalue weighted by molar-refractivity contribution is 0.0755. The summed E-state index contributed by atoms with van der Waals surface area (Å²) in [6.45, 7) is 1.46. The minimum Gasteiger partial charge on any atom is -0.341 e. The predicted molar refractivity (Wildman–Crippen MR) is 75.2 cm³/mol. The molecule has 6 heteroatoms. The van der Waals surface area contributed by atoms with E-state index in [1.165, 1.54) is 12.3 Å². The number of hydrogen-bond acceptors (Lipinski definition) is 3. The Hall–Kier alpha value is -2.24. The van der Waals surface area contributed by atoms with E-state index in [0.29, 0.717) is 12.5 Å². The molecule has 1 unspecified atom stereocenters. The van der Waals surface area contributed by atoms with Gasteiger partial charge in [0.05, 0.1) is 11.8 Å². The molecule has 3 heterocycles. The molecular weight excluding hydrogens is 271 g/mol. The average molecular weight is 288 g/mol. The molecule has 2 aromatic heterocycles. The van der Waals surface area contributed by atoms with Crippen LogP contribution in [0.3, 0.4) is 0 Å². The molecular formula is C15H17FN4O. The molecule has 0 radical (unpaired) electrons. The van der Waals surface area contributed by atoms with Crippen molar-refractivity contribution in [3.05, 3.63) is 48.1 Å². The molecule has 1 aliphatic rings. The number of hydrogen-bond donors (Lipinski definition) is 0. The fraction of sp³-hybridized carbons (Fsp3) is 0.400. The Morgan fingerprint density at radius 3 is 3.19 bits per heavy atom. The van der Waals surface area contributed by atoms with E-state index in [0.717, 1.165) is 31.4 Å². The van der Waals surface area contributed by atoms with E-state index in [-0.39, 0.29) is 11.5 Å². The van der Waals surface area contributed by atoms with Gasteiger partial charge in [-0.1, -0.05) is 0 Å².